The summed E-state index contributed by atoms with van der Waals surface area (Å²) in [6, 6.07) is 8.38. The second-order valence-electron chi connectivity index (χ2n) is 5.65. The Hall–Kier alpha value is -2.50. The van der Waals surface area contributed by atoms with Gasteiger partial charge in [0.25, 0.3) is 0 Å². The highest BCUT2D eigenvalue weighted by Crippen LogP contribution is 2.31. The highest BCUT2D eigenvalue weighted by atomic mass is 16.5. The molecular weight excluding hydrogens is 290 g/mol. The Morgan fingerprint density at radius 3 is 3.09 bits per heavy atom. The molecule has 0 bridgehead atoms. The summed E-state index contributed by atoms with van der Waals surface area (Å²) in [7, 11) is 1.79. The lowest BCUT2D eigenvalue weighted by molar-refractivity contribution is 0.261. The maximum Gasteiger partial charge on any atom is 0.191 e. The van der Waals surface area contributed by atoms with Crippen LogP contribution >= 0.6 is 0 Å². The average Bonchev–Trinajstić information content (AvgIpc) is 2.99. The van der Waals surface area contributed by atoms with Crippen LogP contribution in [-0.2, 0) is 6.54 Å². The summed E-state index contributed by atoms with van der Waals surface area (Å²) in [6.07, 6.45) is 4.83. The standard InChI is InChI=1S/C17H23N5O/c1-13-11-20-22(12-13)9-8-19-17(18-2)21-15-7-10-23-16-6-4-3-5-14(15)16/h3-6,11-12,15H,7-10H2,1-2H3,(H2,18,19,21). The van der Waals surface area contributed by atoms with E-state index in [4.69, 9.17) is 4.74 Å². The molecule has 6 nitrogen and oxygen atoms in total. The summed E-state index contributed by atoms with van der Waals surface area (Å²) in [5.74, 6) is 1.76. The normalized spacial score (nSPS) is 17.3. The van der Waals surface area contributed by atoms with Gasteiger partial charge in [-0.25, -0.2) is 0 Å². The Morgan fingerprint density at radius 1 is 1.43 bits per heavy atom. The van der Waals surface area contributed by atoms with Gasteiger partial charge < -0.3 is 15.4 Å². The van der Waals surface area contributed by atoms with Gasteiger partial charge in [0.1, 0.15) is 5.75 Å². The largest absolute Gasteiger partial charge is 0.493 e. The monoisotopic (exact) mass is 313 g/mol. The molecule has 2 aromatic rings. The van der Waals surface area contributed by atoms with Gasteiger partial charge in [-0.1, -0.05) is 18.2 Å². The van der Waals surface area contributed by atoms with Crippen molar-refractivity contribution in [1.82, 2.24) is 20.4 Å². The van der Waals surface area contributed by atoms with E-state index in [1.165, 1.54) is 11.1 Å². The molecule has 23 heavy (non-hydrogen) atoms. The molecule has 1 aliphatic rings. The number of para-hydroxylation sites is 1. The molecule has 1 aromatic carbocycles. The summed E-state index contributed by atoms with van der Waals surface area (Å²) in [4.78, 5) is 4.32. The van der Waals surface area contributed by atoms with E-state index in [1.807, 2.05) is 42.2 Å². The lowest BCUT2D eigenvalue weighted by Crippen LogP contribution is -2.42. The van der Waals surface area contributed by atoms with E-state index in [2.05, 4.69) is 26.8 Å². The van der Waals surface area contributed by atoms with E-state index >= 15 is 0 Å². The summed E-state index contributed by atoms with van der Waals surface area (Å²) >= 11 is 0. The molecule has 1 unspecified atom stereocenters. The lowest BCUT2D eigenvalue weighted by atomic mass is 10.0. The minimum absolute atomic E-state index is 0.220. The Bertz CT molecular complexity index is 679. The number of nitrogens with zero attached hydrogens (tertiary/aromatic N) is 3. The third-order valence-corrected chi connectivity index (χ3v) is 3.89. The number of guanidine groups is 1. The Labute approximate surface area is 136 Å². The van der Waals surface area contributed by atoms with Gasteiger partial charge in [-0.05, 0) is 18.6 Å². The Kier molecular flexibility index (Phi) is 4.80. The van der Waals surface area contributed by atoms with Gasteiger partial charge in [0.15, 0.2) is 5.96 Å². The van der Waals surface area contributed by atoms with E-state index in [-0.39, 0.29) is 6.04 Å². The van der Waals surface area contributed by atoms with E-state index in [0.29, 0.717) is 0 Å². The van der Waals surface area contributed by atoms with Gasteiger partial charge in [-0.2, -0.15) is 5.10 Å². The number of aryl methyl sites for hydroxylation is 1. The van der Waals surface area contributed by atoms with Crippen molar-refractivity contribution in [2.24, 2.45) is 4.99 Å². The molecule has 0 fully saturated rings. The fraction of sp³-hybridized carbons (Fsp3) is 0.412. The number of nitrogens with one attached hydrogen (secondary N) is 2. The molecule has 0 spiro atoms. The number of hydrogen-bond donors (Lipinski definition) is 2. The number of benzene rings is 1. The van der Waals surface area contributed by atoms with Crippen LogP contribution in [0.15, 0.2) is 41.7 Å². The molecule has 0 amide bonds. The van der Waals surface area contributed by atoms with E-state index in [0.717, 1.165) is 37.8 Å². The molecule has 0 aliphatic carbocycles. The predicted octanol–water partition coefficient (Wildman–Crippen LogP) is 1.88. The van der Waals surface area contributed by atoms with Crippen LogP contribution in [-0.4, -0.2) is 35.9 Å². The predicted molar refractivity (Wildman–Crippen MR) is 90.8 cm³/mol. The topological polar surface area (TPSA) is 63.5 Å². The highest BCUT2D eigenvalue weighted by molar-refractivity contribution is 5.80. The fourth-order valence-electron chi connectivity index (χ4n) is 2.73. The summed E-state index contributed by atoms with van der Waals surface area (Å²) in [5, 5.41) is 11.1. The summed E-state index contributed by atoms with van der Waals surface area (Å²) in [6.45, 7) is 4.34. The molecule has 1 aromatic heterocycles. The summed E-state index contributed by atoms with van der Waals surface area (Å²) in [5.41, 5.74) is 2.36. The lowest BCUT2D eigenvalue weighted by Gasteiger charge is -2.28. The first-order valence-electron chi connectivity index (χ1n) is 7.94. The second-order valence-corrected chi connectivity index (χ2v) is 5.65. The van der Waals surface area contributed by atoms with Crippen LogP contribution in [0.25, 0.3) is 0 Å². The highest BCUT2D eigenvalue weighted by Gasteiger charge is 2.21. The Balaban J connectivity index is 1.56. The summed E-state index contributed by atoms with van der Waals surface area (Å²) < 4.78 is 7.63. The second kappa shape index (κ2) is 7.17. The number of fused-ring (bicyclic) bond motifs is 1. The first-order chi connectivity index (χ1) is 11.3. The molecular formula is C17H23N5O. The van der Waals surface area contributed by atoms with Crippen molar-refractivity contribution < 1.29 is 4.74 Å². The van der Waals surface area contributed by atoms with Crippen LogP contribution in [0.1, 0.15) is 23.6 Å². The van der Waals surface area contributed by atoms with Gasteiger partial charge in [0, 0.05) is 31.8 Å². The van der Waals surface area contributed by atoms with Crippen molar-refractivity contribution in [2.75, 3.05) is 20.2 Å². The molecule has 0 saturated heterocycles. The third-order valence-electron chi connectivity index (χ3n) is 3.89. The molecule has 1 atom stereocenters. The smallest absolute Gasteiger partial charge is 0.191 e. The van der Waals surface area contributed by atoms with Gasteiger partial charge in [-0.15, -0.1) is 0 Å². The molecule has 122 valence electrons. The fourth-order valence-corrected chi connectivity index (χ4v) is 2.73. The van der Waals surface area contributed by atoms with Crippen LogP contribution in [0.3, 0.4) is 0 Å². The minimum Gasteiger partial charge on any atom is -0.493 e. The van der Waals surface area contributed by atoms with Crippen molar-refractivity contribution >= 4 is 5.96 Å². The van der Waals surface area contributed by atoms with E-state index in [9.17, 15) is 0 Å². The van der Waals surface area contributed by atoms with Crippen molar-refractivity contribution in [3.05, 3.63) is 47.8 Å². The third kappa shape index (κ3) is 3.83. The van der Waals surface area contributed by atoms with Crippen LogP contribution in [0, 0.1) is 6.92 Å². The van der Waals surface area contributed by atoms with Crippen molar-refractivity contribution in [1.29, 1.82) is 0 Å². The molecule has 6 heteroatoms. The van der Waals surface area contributed by atoms with E-state index in [1.54, 1.807) is 7.05 Å². The maximum absolute atomic E-state index is 5.70. The number of aromatic nitrogens is 2. The first kappa shape index (κ1) is 15.4. The van der Waals surface area contributed by atoms with Gasteiger partial charge in [0.05, 0.1) is 25.4 Å². The SMILES string of the molecule is CN=C(NCCn1cc(C)cn1)NC1CCOc2ccccc21. The van der Waals surface area contributed by atoms with Gasteiger partial charge in [-0.3, -0.25) is 9.67 Å². The molecule has 2 heterocycles. The molecule has 1 aliphatic heterocycles. The molecule has 2 N–H and O–H groups in total. The van der Waals surface area contributed by atoms with Crippen molar-refractivity contribution in [3.63, 3.8) is 0 Å². The number of rotatable bonds is 4. The van der Waals surface area contributed by atoms with E-state index < -0.39 is 0 Å². The number of aliphatic imine (C=N–C) groups is 1. The zero-order valence-corrected chi connectivity index (χ0v) is 13.6. The van der Waals surface area contributed by atoms with Crippen molar-refractivity contribution in [3.8, 4) is 5.75 Å². The number of hydrogen-bond acceptors (Lipinski definition) is 3. The van der Waals surface area contributed by atoms with Crippen LogP contribution in [0.5, 0.6) is 5.75 Å². The molecule has 0 radical (unpaired) electrons. The van der Waals surface area contributed by atoms with Crippen LogP contribution in [0.2, 0.25) is 0 Å². The average molecular weight is 313 g/mol. The quantitative estimate of drug-likeness (QED) is 0.668. The Morgan fingerprint density at radius 2 is 2.30 bits per heavy atom. The zero-order chi connectivity index (χ0) is 16.1. The number of ether oxygens (including phenoxy) is 1. The molecule has 3 rings (SSSR count). The zero-order valence-electron chi connectivity index (χ0n) is 13.6. The minimum atomic E-state index is 0.220. The van der Waals surface area contributed by atoms with Crippen LogP contribution < -0.4 is 15.4 Å². The van der Waals surface area contributed by atoms with Crippen LogP contribution in [0.4, 0.5) is 0 Å². The molecule has 0 saturated carbocycles. The first-order valence-corrected chi connectivity index (χ1v) is 7.94. The maximum atomic E-state index is 5.70. The van der Waals surface area contributed by atoms with Gasteiger partial charge in [0.2, 0.25) is 0 Å². The van der Waals surface area contributed by atoms with Crippen molar-refractivity contribution in [2.45, 2.75) is 25.9 Å². The van der Waals surface area contributed by atoms with Gasteiger partial charge >= 0.3 is 0 Å².